The Morgan fingerprint density at radius 1 is 0.553 bits per heavy atom. The topological polar surface area (TPSA) is 76.6 Å². The maximum atomic E-state index is 11.1. The summed E-state index contributed by atoms with van der Waals surface area (Å²) in [5.74, 6) is 0.400. The molecule has 1 N–H and O–H groups in total. The van der Waals surface area contributed by atoms with Gasteiger partial charge < -0.3 is 26.4 Å². The summed E-state index contributed by atoms with van der Waals surface area (Å²) < 4.78 is 0. The van der Waals surface area contributed by atoms with E-state index in [1.807, 2.05) is 0 Å². The van der Waals surface area contributed by atoms with Crippen molar-refractivity contribution in [1.29, 1.82) is 0 Å². The molecule has 0 saturated carbocycles. The maximum Gasteiger partial charge on any atom is 0.127 e. The van der Waals surface area contributed by atoms with E-state index in [9.17, 15) is 5.11 Å². The zero-order valence-electron chi connectivity index (χ0n) is 26.4. The van der Waals surface area contributed by atoms with Crippen molar-refractivity contribution in [2.45, 2.75) is 52.4 Å². The van der Waals surface area contributed by atoms with Gasteiger partial charge in [0.2, 0.25) is 0 Å². The minimum atomic E-state index is -0.120. The van der Waals surface area contributed by atoms with Crippen LogP contribution in [0.25, 0.3) is 43.2 Å². The molecular formula is C32H52N4OTa-4. The van der Waals surface area contributed by atoms with Crippen LogP contribution in [-0.4, -0.2) is 61.5 Å². The Morgan fingerprint density at radius 2 is 0.974 bits per heavy atom. The van der Waals surface area contributed by atoms with Crippen molar-refractivity contribution in [1.82, 2.24) is 0 Å². The van der Waals surface area contributed by atoms with E-state index in [1.54, 1.807) is 56.4 Å². The maximum absolute atomic E-state index is 11.1. The molecule has 0 heterocycles. The van der Waals surface area contributed by atoms with Crippen molar-refractivity contribution < 1.29 is 27.5 Å². The Morgan fingerprint density at radius 3 is 1.39 bits per heavy atom. The first-order valence-electron chi connectivity index (χ1n) is 12.5. The van der Waals surface area contributed by atoms with Crippen LogP contribution >= 0.6 is 0 Å². The molecule has 0 aromatic heterocycles. The Balaban J connectivity index is -0.000000807. The van der Waals surface area contributed by atoms with E-state index in [1.165, 1.54) is 16.3 Å². The zero-order valence-corrected chi connectivity index (χ0v) is 29.6. The van der Waals surface area contributed by atoms with E-state index in [0.717, 1.165) is 16.7 Å². The average Bonchev–Trinajstić information content (AvgIpc) is 2.79. The third kappa shape index (κ3) is 14.5. The molecule has 215 valence electrons. The number of phenolic OH excluding ortho intramolecular Hbond substituents is 1. The van der Waals surface area contributed by atoms with Gasteiger partial charge in [0.1, 0.15) is 5.75 Å². The van der Waals surface area contributed by atoms with Crippen LogP contribution in [-0.2, 0) is 33.2 Å². The Labute approximate surface area is 250 Å². The third-order valence-corrected chi connectivity index (χ3v) is 4.86. The van der Waals surface area contributed by atoms with Crippen molar-refractivity contribution in [3.05, 3.63) is 87.0 Å². The Hall–Kier alpha value is -1.70. The normalized spacial score (nSPS) is 10.2. The first kappa shape index (κ1) is 40.8. The van der Waals surface area contributed by atoms with Crippen molar-refractivity contribution in [2.75, 3.05) is 56.4 Å². The largest absolute Gasteiger partial charge is 0.668 e. The number of nitrogens with zero attached hydrogens (tertiary/aromatic N) is 4. The van der Waals surface area contributed by atoms with Gasteiger partial charge in [-0.15, -0.1) is 0 Å². The third-order valence-electron chi connectivity index (χ3n) is 4.86. The molecule has 0 bridgehead atoms. The summed E-state index contributed by atoms with van der Waals surface area (Å²) in [5.41, 5.74) is 4.17. The number of fused-ring (bicyclic) bond motifs is 1. The average molecular weight is 690 g/mol. The minimum absolute atomic E-state index is 0. The van der Waals surface area contributed by atoms with Gasteiger partial charge in [0, 0.05) is 33.5 Å². The van der Waals surface area contributed by atoms with Gasteiger partial charge in [-0.2, -0.15) is 56.4 Å². The van der Waals surface area contributed by atoms with E-state index in [0.29, 0.717) is 5.75 Å². The van der Waals surface area contributed by atoms with Crippen molar-refractivity contribution in [2.24, 2.45) is 0 Å². The van der Waals surface area contributed by atoms with Gasteiger partial charge in [0.15, 0.2) is 0 Å². The molecule has 0 aliphatic heterocycles. The second kappa shape index (κ2) is 21.2. The summed E-state index contributed by atoms with van der Waals surface area (Å²) in [6, 6.07) is 19.0. The van der Waals surface area contributed by atoms with Gasteiger partial charge in [-0.25, -0.2) is 0 Å². The monoisotopic (exact) mass is 689 g/mol. The fraction of sp³-hybridized carbons (Fsp3) is 0.500. The molecule has 0 aliphatic carbocycles. The Bertz CT molecular complexity index is 995. The first-order chi connectivity index (χ1) is 17.2. The summed E-state index contributed by atoms with van der Waals surface area (Å²) in [6.07, 6.45) is 0. The molecule has 5 nitrogen and oxygen atoms in total. The van der Waals surface area contributed by atoms with Gasteiger partial charge in [-0.3, -0.25) is 0 Å². The second-order valence-corrected chi connectivity index (χ2v) is 10.7. The molecule has 3 rings (SSSR count). The molecule has 3 aromatic carbocycles. The van der Waals surface area contributed by atoms with Crippen LogP contribution in [0.3, 0.4) is 0 Å². The van der Waals surface area contributed by atoms with Crippen LogP contribution in [0.15, 0.2) is 54.6 Å². The quantitative estimate of drug-likeness (QED) is 0.272. The van der Waals surface area contributed by atoms with Crippen LogP contribution in [0.2, 0.25) is 0 Å². The zero-order chi connectivity index (χ0) is 29.2. The fourth-order valence-corrected chi connectivity index (χ4v) is 3.30. The van der Waals surface area contributed by atoms with Crippen LogP contribution in [0.4, 0.5) is 0 Å². The van der Waals surface area contributed by atoms with E-state index < -0.39 is 0 Å². The van der Waals surface area contributed by atoms with Crippen LogP contribution in [0, 0.1) is 0 Å². The van der Waals surface area contributed by atoms with Crippen molar-refractivity contribution >= 4 is 10.8 Å². The van der Waals surface area contributed by atoms with Crippen LogP contribution < -0.4 is 0 Å². The smallest absolute Gasteiger partial charge is 0.127 e. The van der Waals surface area contributed by atoms with Gasteiger partial charge in [0.05, 0.1) is 0 Å². The van der Waals surface area contributed by atoms with E-state index in [2.05, 4.69) is 117 Å². The molecule has 0 atom stereocenters. The van der Waals surface area contributed by atoms with E-state index in [4.69, 9.17) is 0 Å². The molecule has 6 heteroatoms. The van der Waals surface area contributed by atoms with Crippen LogP contribution in [0.1, 0.15) is 52.7 Å². The van der Waals surface area contributed by atoms with Crippen molar-refractivity contribution in [3.8, 4) is 16.9 Å². The molecule has 0 unspecified atom stereocenters. The summed E-state index contributed by atoms with van der Waals surface area (Å²) in [6.45, 7) is 13.1. The fourth-order valence-electron chi connectivity index (χ4n) is 3.30. The molecule has 38 heavy (non-hydrogen) atoms. The predicted molar refractivity (Wildman–Crippen MR) is 169 cm³/mol. The summed E-state index contributed by atoms with van der Waals surface area (Å²) in [4.78, 5) is 0. The number of hydrogen-bond acceptors (Lipinski definition) is 1. The first-order valence-corrected chi connectivity index (χ1v) is 12.5. The van der Waals surface area contributed by atoms with Crippen molar-refractivity contribution in [3.63, 3.8) is 0 Å². The Kier molecular flexibility index (Phi) is 22.7. The SMILES string of the molecule is CC(C)(C)c1cc(-c2cccc3ccccc23)c(O)c(C(C)(C)C)c1.C[N-]C.C[N-]C.C[N-]C.C[N-]C.[Ta]. The summed E-state index contributed by atoms with van der Waals surface area (Å²) >= 11 is 0. The van der Waals surface area contributed by atoms with Gasteiger partial charge in [-0.05, 0) is 38.8 Å². The van der Waals surface area contributed by atoms with E-state index in [-0.39, 0.29) is 33.2 Å². The van der Waals surface area contributed by atoms with Gasteiger partial charge >= 0.3 is 0 Å². The number of hydrogen-bond donors (Lipinski definition) is 1. The molecule has 3 aromatic rings. The van der Waals surface area contributed by atoms with Gasteiger partial charge in [0.25, 0.3) is 0 Å². The number of benzene rings is 3. The van der Waals surface area contributed by atoms with Gasteiger partial charge in [-0.1, -0.05) is 90.1 Å². The molecule has 0 aliphatic rings. The molecule has 1 radical (unpaired) electrons. The second-order valence-electron chi connectivity index (χ2n) is 10.7. The predicted octanol–water partition coefficient (Wildman–Crippen LogP) is 9.28. The minimum Gasteiger partial charge on any atom is -0.668 e. The summed E-state index contributed by atoms with van der Waals surface area (Å²) in [5, 5.41) is 27.5. The molecule has 0 saturated heterocycles. The number of aromatic hydroxyl groups is 1. The summed E-state index contributed by atoms with van der Waals surface area (Å²) in [7, 11) is 14.0. The molecule has 0 amide bonds. The number of phenols is 1. The number of rotatable bonds is 1. The standard InChI is InChI=1S/C24H28O.4C2H6N.Ta/c1-23(2,3)17-14-20(22(25)21(15-17)24(4,5)6)19-13-9-11-16-10-7-8-12-18(16)19;4*1-3-2;/h7-15,25H,1-6H3;4*1-2H3;/q;4*-1;. The molecule has 0 spiro atoms. The molecule has 0 fully saturated rings. The van der Waals surface area contributed by atoms with E-state index >= 15 is 0 Å². The molecular weight excluding hydrogens is 637 g/mol. The van der Waals surface area contributed by atoms with Crippen LogP contribution in [0.5, 0.6) is 5.75 Å².